The highest BCUT2D eigenvalue weighted by molar-refractivity contribution is 5.97. The number of carbonyl (C=O) groups excluding carboxylic acids is 1. The van der Waals surface area contributed by atoms with Gasteiger partial charge in [-0.3, -0.25) is 4.79 Å². The summed E-state index contributed by atoms with van der Waals surface area (Å²) in [5.41, 5.74) is -0.377. The zero-order valence-corrected chi connectivity index (χ0v) is 12.8. The lowest BCUT2D eigenvalue weighted by atomic mass is 9.95. The molecule has 2 rings (SSSR count). The second-order valence-electron chi connectivity index (χ2n) is 5.38. The SMILES string of the molecule is O=C(CCC(O)c1ccccc1CO)c1ccccc1C(F)(F)F. The minimum atomic E-state index is -4.60. The van der Waals surface area contributed by atoms with Gasteiger partial charge < -0.3 is 10.2 Å². The summed E-state index contributed by atoms with van der Waals surface area (Å²) in [6.07, 6.45) is -5.89. The van der Waals surface area contributed by atoms with Gasteiger partial charge in [0.15, 0.2) is 5.78 Å². The Morgan fingerprint density at radius 1 is 1.04 bits per heavy atom. The Kier molecular flexibility index (Phi) is 5.75. The maximum Gasteiger partial charge on any atom is 0.417 e. The van der Waals surface area contributed by atoms with Gasteiger partial charge in [0.2, 0.25) is 0 Å². The van der Waals surface area contributed by atoms with Crippen molar-refractivity contribution in [3.63, 3.8) is 0 Å². The molecule has 0 aliphatic carbocycles. The zero-order chi connectivity index (χ0) is 17.7. The predicted octanol–water partition coefficient (Wildman–Crippen LogP) is 3.89. The smallest absolute Gasteiger partial charge is 0.392 e. The maximum absolute atomic E-state index is 12.9. The van der Waals surface area contributed by atoms with Crippen LogP contribution >= 0.6 is 0 Å². The van der Waals surface area contributed by atoms with E-state index in [2.05, 4.69) is 0 Å². The standard InChI is InChI=1S/C18H17F3O3/c19-18(20,21)15-8-4-3-7-14(15)17(24)10-9-16(23)13-6-2-1-5-12(13)11-22/h1-8,16,22-23H,9-11H2. The van der Waals surface area contributed by atoms with Crippen molar-refractivity contribution in [1.29, 1.82) is 0 Å². The Bertz CT molecular complexity index is 711. The molecule has 128 valence electrons. The van der Waals surface area contributed by atoms with Gasteiger partial charge in [-0.1, -0.05) is 42.5 Å². The number of benzene rings is 2. The molecule has 0 aromatic heterocycles. The summed E-state index contributed by atoms with van der Waals surface area (Å²) in [6.45, 7) is -0.266. The first kappa shape index (κ1) is 18.2. The van der Waals surface area contributed by atoms with Gasteiger partial charge in [0, 0.05) is 12.0 Å². The fraction of sp³-hybridized carbons (Fsp3) is 0.278. The third-order valence-electron chi connectivity index (χ3n) is 3.76. The van der Waals surface area contributed by atoms with Crippen LogP contribution in [-0.4, -0.2) is 16.0 Å². The van der Waals surface area contributed by atoms with E-state index in [4.69, 9.17) is 0 Å². The van der Waals surface area contributed by atoms with E-state index in [1.165, 1.54) is 12.1 Å². The highest BCUT2D eigenvalue weighted by Crippen LogP contribution is 2.33. The molecule has 24 heavy (non-hydrogen) atoms. The number of rotatable bonds is 6. The van der Waals surface area contributed by atoms with Gasteiger partial charge >= 0.3 is 6.18 Å². The minimum Gasteiger partial charge on any atom is -0.392 e. The Balaban J connectivity index is 2.12. The summed E-state index contributed by atoms with van der Waals surface area (Å²) in [7, 11) is 0. The number of alkyl halides is 3. The third kappa shape index (κ3) is 4.21. The summed E-state index contributed by atoms with van der Waals surface area (Å²) in [5, 5.41) is 19.4. The molecule has 0 aliphatic rings. The average molecular weight is 338 g/mol. The van der Waals surface area contributed by atoms with Crippen LogP contribution < -0.4 is 0 Å². The van der Waals surface area contributed by atoms with E-state index in [1.807, 2.05) is 0 Å². The number of Topliss-reactive ketones (excluding diaryl/α,β-unsaturated/α-hetero) is 1. The second kappa shape index (κ2) is 7.59. The normalized spacial score (nSPS) is 12.9. The molecule has 0 aliphatic heterocycles. The topological polar surface area (TPSA) is 57.5 Å². The van der Waals surface area contributed by atoms with E-state index in [9.17, 15) is 28.2 Å². The van der Waals surface area contributed by atoms with E-state index in [1.54, 1.807) is 24.3 Å². The van der Waals surface area contributed by atoms with Gasteiger partial charge in [-0.25, -0.2) is 0 Å². The van der Waals surface area contributed by atoms with Gasteiger partial charge in [-0.15, -0.1) is 0 Å². The van der Waals surface area contributed by atoms with Gasteiger partial charge in [-0.2, -0.15) is 13.2 Å². The van der Waals surface area contributed by atoms with E-state index in [-0.39, 0.29) is 19.4 Å². The van der Waals surface area contributed by atoms with Crippen LogP contribution in [0.5, 0.6) is 0 Å². The predicted molar refractivity (Wildman–Crippen MR) is 82.3 cm³/mol. The van der Waals surface area contributed by atoms with Gasteiger partial charge in [-0.05, 0) is 23.6 Å². The highest BCUT2D eigenvalue weighted by atomic mass is 19.4. The molecule has 0 bridgehead atoms. The lowest BCUT2D eigenvalue weighted by Gasteiger charge is -2.15. The second-order valence-corrected chi connectivity index (χ2v) is 5.38. The molecule has 6 heteroatoms. The van der Waals surface area contributed by atoms with Crippen LogP contribution in [0.1, 0.15) is 46.0 Å². The first-order valence-corrected chi connectivity index (χ1v) is 7.40. The van der Waals surface area contributed by atoms with Crippen LogP contribution in [0.25, 0.3) is 0 Å². The van der Waals surface area contributed by atoms with Crippen molar-refractivity contribution in [3.8, 4) is 0 Å². The first-order chi connectivity index (χ1) is 11.3. The molecule has 0 amide bonds. The van der Waals surface area contributed by atoms with Gasteiger partial charge in [0.1, 0.15) is 0 Å². The summed E-state index contributed by atoms with van der Waals surface area (Å²) in [6, 6.07) is 11.2. The number of ketones is 1. The zero-order valence-electron chi connectivity index (χ0n) is 12.8. The van der Waals surface area contributed by atoms with Crippen molar-refractivity contribution in [2.75, 3.05) is 0 Å². The molecule has 0 saturated carbocycles. The molecule has 2 aromatic rings. The molecular formula is C18H17F3O3. The van der Waals surface area contributed by atoms with Crippen LogP contribution in [0.3, 0.4) is 0 Å². The number of aliphatic hydroxyl groups is 2. The number of hydrogen-bond acceptors (Lipinski definition) is 3. The lowest BCUT2D eigenvalue weighted by molar-refractivity contribution is -0.137. The molecule has 0 heterocycles. The number of hydrogen-bond donors (Lipinski definition) is 2. The summed E-state index contributed by atoms with van der Waals surface area (Å²) >= 11 is 0. The Labute approximate surface area is 137 Å². The van der Waals surface area contributed by atoms with Crippen molar-refractivity contribution in [2.24, 2.45) is 0 Å². The van der Waals surface area contributed by atoms with Crippen LogP contribution in [0.4, 0.5) is 13.2 Å². The monoisotopic (exact) mass is 338 g/mol. The van der Waals surface area contributed by atoms with Crippen LogP contribution in [-0.2, 0) is 12.8 Å². The quantitative estimate of drug-likeness (QED) is 0.786. The van der Waals surface area contributed by atoms with Crippen LogP contribution in [0, 0.1) is 0 Å². The molecule has 1 atom stereocenters. The molecule has 2 aromatic carbocycles. The molecule has 0 spiro atoms. The van der Waals surface area contributed by atoms with Crippen molar-refractivity contribution < 1.29 is 28.2 Å². The molecule has 3 nitrogen and oxygen atoms in total. The van der Waals surface area contributed by atoms with Gasteiger partial charge in [0.25, 0.3) is 0 Å². The van der Waals surface area contributed by atoms with E-state index >= 15 is 0 Å². The number of aliphatic hydroxyl groups excluding tert-OH is 2. The van der Waals surface area contributed by atoms with E-state index < -0.39 is 29.2 Å². The molecule has 0 radical (unpaired) electrons. The summed E-state index contributed by atoms with van der Waals surface area (Å²) < 4.78 is 38.8. The van der Waals surface area contributed by atoms with Gasteiger partial charge in [0.05, 0.1) is 18.3 Å². The highest BCUT2D eigenvalue weighted by Gasteiger charge is 2.34. The first-order valence-electron chi connectivity index (χ1n) is 7.40. The largest absolute Gasteiger partial charge is 0.417 e. The fourth-order valence-electron chi connectivity index (χ4n) is 2.53. The number of carbonyl (C=O) groups is 1. The van der Waals surface area contributed by atoms with Crippen molar-refractivity contribution in [1.82, 2.24) is 0 Å². The average Bonchev–Trinajstić information content (AvgIpc) is 2.58. The molecule has 0 fully saturated rings. The summed E-state index contributed by atoms with van der Waals surface area (Å²) in [5.74, 6) is -0.677. The Morgan fingerprint density at radius 2 is 1.67 bits per heavy atom. The van der Waals surface area contributed by atoms with Crippen molar-refractivity contribution >= 4 is 5.78 Å². The van der Waals surface area contributed by atoms with E-state index in [0.29, 0.717) is 11.1 Å². The molecular weight excluding hydrogens is 321 g/mol. The molecule has 1 unspecified atom stereocenters. The molecule has 0 saturated heterocycles. The van der Waals surface area contributed by atoms with E-state index in [0.717, 1.165) is 12.1 Å². The number of halogens is 3. The maximum atomic E-state index is 12.9. The summed E-state index contributed by atoms with van der Waals surface area (Å²) in [4.78, 5) is 12.1. The lowest BCUT2D eigenvalue weighted by Crippen LogP contribution is -2.14. The van der Waals surface area contributed by atoms with Crippen molar-refractivity contribution in [2.45, 2.75) is 31.7 Å². The Morgan fingerprint density at radius 3 is 2.33 bits per heavy atom. The van der Waals surface area contributed by atoms with Crippen molar-refractivity contribution in [3.05, 3.63) is 70.8 Å². The Hall–Kier alpha value is -2.18. The fourth-order valence-corrected chi connectivity index (χ4v) is 2.53. The minimum absolute atomic E-state index is 0.0258. The van der Waals surface area contributed by atoms with Crippen LogP contribution in [0.2, 0.25) is 0 Å². The third-order valence-corrected chi connectivity index (χ3v) is 3.76. The van der Waals surface area contributed by atoms with Crippen LogP contribution in [0.15, 0.2) is 48.5 Å². The molecule has 2 N–H and O–H groups in total.